The fourth-order valence-electron chi connectivity index (χ4n) is 4.73. The Bertz CT molecular complexity index is 1010. The Morgan fingerprint density at radius 3 is 2.57 bits per heavy atom. The number of benzene rings is 1. The molecule has 2 saturated heterocycles. The highest BCUT2D eigenvalue weighted by Gasteiger charge is 2.28. The number of rotatable bonds is 2. The summed E-state index contributed by atoms with van der Waals surface area (Å²) in [6, 6.07) is 11.2. The third-order valence-corrected chi connectivity index (χ3v) is 7.36. The lowest BCUT2D eigenvalue weighted by atomic mass is 10.00. The van der Waals surface area contributed by atoms with E-state index in [9.17, 15) is 4.79 Å². The summed E-state index contributed by atoms with van der Waals surface area (Å²) >= 11 is 1.53. The van der Waals surface area contributed by atoms with Crippen LogP contribution in [0.25, 0.3) is 21.1 Å². The summed E-state index contributed by atoms with van der Waals surface area (Å²) in [7, 11) is 0. The van der Waals surface area contributed by atoms with Crippen LogP contribution in [0, 0.1) is 6.92 Å². The van der Waals surface area contributed by atoms with E-state index >= 15 is 0 Å². The summed E-state index contributed by atoms with van der Waals surface area (Å²) < 4.78 is 0. The second kappa shape index (κ2) is 7.45. The maximum absolute atomic E-state index is 13.1. The molecule has 0 N–H and O–H groups in total. The minimum absolute atomic E-state index is 0.181. The Balaban J connectivity index is 1.32. The van der Waals surface area contributed by atoms with Crippen molar-refractivity contribution in [3.8, 4) is 0 Å². The highest BCUT2D eigenvalue weighted by Crippen LogP contribution is 2.30. The van der Waals surface area contributed by atoms with Crippen LogP contribution < -0.4 is 0 Å². The second-order valence-electron chi connectivity index (χ2n) is 8.31. The van der Waals surface area contributed by atoms with E-state index in [1.54, 1.807) is 0 Å². The molecule has 1 amide bonds. The molecule has 4 nitrogen and oxygen atoms in total. The van der Waals surface area contributed by atoms with Crippen molar-refractivity contribution in [1.29, 1.82) is 0 Å². The molecule has 1 aromatic carbocycles. The van der Waals surface area contributed by atoms with E-state index in [1.165, 1.54) is 49.3 Å². The molecule has 0 unspecified atom stereocenters. The van der Waals surface area contributed by atoms with Gasteiger partial charge in [0.15, 0.2) is 0 Å². The highest BCUT2D eigenvalue weighted by molar-refractivity contribution is 7.20. The SMILES string of the molecule is Cc1ccc2nc3sc(C(=O)N4CCC(N5CCCCC5)CC4)cc3cc2c1. The van der Waals surface area contributed by atoms with Crippen molar-refractivity contribution in [3.63, 3.8) is 0 Å². The lowest BCUT2D eigenvalue weighted by Crippen LogP contribution is -2.48. The zero-order valence-corrected chi connectivity index (χ0v) is 17.3. The van der Waals surface area contributed by atoms with Crippen molar-refractivity contribution in [1.82, 2.24) is 14.8 Å². The molecular formula is C23H27N3OS. The standard InChI is InChI=1S/C23H27N3OS/c1-16-5-6-20-17(13-16)14-18-15-21(28-22(18)24-20)23(27)26-11-7-19(8-12-26)25-9-3-2-4-10-25/h5-6,13-15,19H,2-4,7-12H2,1H3. The zero-order valence-electron chi connectivity index (χ0n) is 16.5. The number of nitrogens with zero attached hydrogens (tertiary/aromatic N) is 3. The van der Waals surface area contributed by atoms with E-state index in [-0.39, 0.29) is 5.91 Å². The van der Waals surface area contributed by atoms with E-state index in [0.717, 1.165) is 51.9 Å². The molecule has 2 aromatic heterocycles. The van der Waals surface area contributed by atoms with Gasteiger partial charge in [-0.05, 0) is 70.0 Å². The topological polar surface area (TPSA) is 36.4 Å². The van der Waals surface area contributed by atoms with Crippen LogP contribution in [0.1, 0.15) is 47.3 Å². The Kier molecular flexibility index (Phi) is 4.81. The zero-order chi connectivity index (χ0) is 19.1. The molecule has 0 saturated carbocycles. The third-order valence-electron chi connectivity index (χ3n) is 6.33. The van der Waals surface area contributed by atoms with E-state index in [1.807, 2.05) is 6.07 Å². The lowest BCUT2D eigenvalue weighted by Gasteiger charge is -2.40. The van der Waals surface area contributed by atoms with Gasteiger partial charge in [-0.3, -0.25) is 4.79 Å². The summed E-state index contributed by atoms with van der Waals surface area (Å²) in [5.74, 6) is 0.181. The van der Waals surface area contributed by atoms with Gasteiger partial charge in [-0.15, -0.1) is 11.3 Å². The normalized spacial score (nSPS) is 19.5. The predicted octanol–water partition coefficient (Wildman–Crippen LogP) is 4.85. The largest absolute Gasteiger partial charge is 0.338 e. The van der Waals surface area contributed by atoms with Crippen molar-refractivity contribution in [2.24, 2.45) is 0 Å². The number of hydrogen-bond acceptors (Lipinski definition) is 4. The first-order valence-corrected chi connectivity index (χ1v) is 11.3. The van der Waals surface area contributed by atoms with Gasteiger partial charge >= 0.3 is 0 Å². The number of aromatic nitrogens is 1. The number of carbonyl (C=O) groups is 1. The first kappa shape index (κ1) is 18.1. The minimum Gasteiger partial charge on any atom is -0.338 e. The molecule has 0 atom stereocenters. The number of pyridine rings is 1. The Labute approximate surface area is 170 Å². The molecule has 2 fully saturated rings. The number of piperidine rings is 2. The van der Waals surface area contributed by atoms with E-state index in [4.69, 9.17) is 4.98 Å². The molecular weight excluding hydrogens is 366 g/mol. The molecule has 0 aliphatic carbocycles. The molecule has 28 heavy (non-hydrogen) atoms. The number of carbonyl (C=O) groups excluding carboxylic acids is 1. The summed E-state index contributed by atoms with van der Waals surface area (Å²) in [5, 5.41) is 2.22. The Morgan fingerprint density at radius 1 is 1.00 bits per heavy atom. The molecule has 5 rings (SSSR count). The summed E-state index contributed by atoms with van der Waals surface area (Å²) in [6.07, 6.45) is 6.27. The van der Waals surface area contributed by atoms with Crippen molar-refractivity contribution in [3.05, 3.63) is 40.8 Å². The van der Waals surface area contributed by atoms with Gasteiger partial charge in [-0.2, -0.15) is 0 Å². The van der Waals surface area contributed by atoms with Gasteiger partial charge in [-0.1, -0.05) is 18.1 Å². The van der Waals surface area contributed by atoms with Crippen LogP contribution in [-0.4, -0.2) is 52.9 Å². The van der Waals surface area contributed by atoms with Gasteiger partial charge in [0.25, 0.3) is 5.91 Å². The van der Waals surface area contributed by atoms with Gasteiger partial charge in [-0.25, -0.2) is 4.98 Å². The molecule has 0 spiro atoms. The van der Waals surface area contributed by atoms with Crippen molar-refractivity contribution < 1.29 is 4.79 Å². The van der Waals surface area contributed by atoms with Crippen LogP contribution in [0.2, 0.25) is 0 Å². The first-order chi connectivity index (χ1) is 13.7. The van der Waals surface area contributed by atoms with Crippen molar-refractivity contribution in [2.45, 2.75) is 45.1 Å². The van der Waals surface area contributed by atoms with Crippen LogP contribution in [0.3, 0.4) is 0 Å². The molecule has 0 radical (unpaired) electrons. The summed E-state index contributed by atoms with van der Waals surface area (Å²) in [5.41, 5.74) is 2.23. The predicted molar refractivity (Wildman–Crippen MR) is 116 cm³/mol. The molecule has 146 valence electrons. The molecule has 5 heteroatoms. The fraction of sp³-hybridized carbons (Fsp3) is 0.478. The molecule has 2 aliphatic heterocycles. The van der Waals surface area contributed by atoms with E-state index in [2.05, 4.69) is 41.0 Å². The maximum Gasteiger partial charge on any atom is 0.264 e. The molecule has 0 bridgehead atoms. The lowest BCUT2D eigenvalue weighted by molar-refractivity contribution is 0.0594. The molecule has 3 aromatic rings. The van der Waals surface area contributed by atoms with Gasteiger partial charge in [0.05, 0.1) is 10.4 Å². The van der Waals surface area contributed by atoms with Crippen LogP contribution in [-0.2, 0) is 0 Å². The van der Waals surface area contributed by atoms with Crippen LogP contribution in [0.4, 0.5) is 0 Å². The maximum atomic E-state index is 13.1. The first-order valence-electron chi connectivity index (χ1n) is 10.5. The smallest absolute Gasteiger partial charge is 0.264 e. The minimum atomic E-state index is 0.181. The van der Waals surface area contributed by atoms with Gasteiger partial charge in [0.1, 0.15) is 4.83 Å². The third kappa shape index (κ3) is 3.42. The number of likely N-dealkylation sites (tertiary alicyclic amines) is 2. The number of hydrogen-bond donors (Lipinski definition) is 0. The number of fused-ring (bicyclic) bond motifs is 2. The van der Waals surface area contributed by atoms with Crippen molar-refractivity contribution in [2.75, 3.05) is 26.2 Å². The molecule has 4 heterocycles. The van der Waals surface area contributed by atoms with Gasteiger partial charge in [0.2, 0.25) is 0 Å². The average molecular weight is 394 g/mol. The second-order valence-corrected chi connectivity index (χ2v) is 9.34. The molecule has 2 aliphatic rings. The van der Waals surface area contributed by atoms with Crippen LogP contribution >= 0.6 is 11.3 Å². The van der Waals surface area contributed by atoms with Gasteiger partial charge < -0.3 is 9.80 Å². The summed E-state index contributed by atoms with van der Waals surface area (Å²) in [4.78, 5) is 24.4. The number of amides is 1. The Hall–Kier alpha value is -1.98. The monoisotopic (exact) mass is 393 g/mol. The van der Waals surface area contributed by atoms with Crippen LogP contribution in [0.5, 0.6) is 0 Å². The number of aryl methyl sites for hydroxylation is 1. The van der Waals surface area contributed by atoms with E-state index < -0.39 is 0 Å². The van der Waals surface area contributed by atoms with Gasteiger partial charge in [0, 0.05) is 29.9 Å². The average Bonchev–Trinajstić information content (AvgIpc) is 3.15. The quantitative estimate of drug-likeness (QED) is 0.624. The highest BCUT2D eigenvalue weighted by atomic mass is 32.1. The fourth-order valence-corrected chi connectivity index (χ4v) is 5.72. The number of thiophene rings is 1. The van der Waals surface area contributed by atoms with Crippen LogP contribution in [0.15, 0.2) is 30.3 Å². The van der Waals surface area contributed by atoms with E-state index in [0.29, 0.717) is 6.04 Å². The van der Waals surface area contributed by atoms with Crippen molar-refractivity contribution >= 4 is 38.4 Å². The summed E-state index contributed by atoms with van der Waals surface area (Å²) in [6.45, 7) is 6.34. The Morgan fingerprint density at radius 2 is 1.79 bits per heavy atom.